The summed E-state index contributed by atoms with van der Waals surface area (Å²) in [5.74, 6) is -0.421. The van der Waals surface area contributed by atoms with Crippen molar-refractivity contribution in [3.63, 3.8) is 0 Å². The lowest BCUT2D eigenvalue weighted by molar-refractivity contribution is -0.114. The molecule has 1 aromatic heterocycles. The van der Waals surface area contributed by atoms with Gasteiger partial charge in [0.25, 0.3) is 5.91 Å². The smallest absolute Gasteiger partial charge is 0.261 e. The molecule has 0 saturated heterocycles. The monoisotopic (exact) mass is 326 g/mol. The normalized spacial score (nSPS) is 10.0. The van der Waals surface area contributed by atoms with Crippen molar-refractivity contribution in [2.24, 2.45) is 0 Å². The van der Waals surface area contributed by atoms with Crippen LogP contribution in [0.1, 0.15) is 17.3 Å². The van der Waals surface area contributed by atoms with Crippen LogP contribution in [0.25, 0.3) is 0 Å². The van der Waals surface area contributed by atoms with E-state index in [-0.39, 0.29) is 22.2 Å². The van der Waals surface area contributed by atoms with Gasteiger partial charge in [-0.05, 0) is 6.07 Å². The fourth-order valence-electron chi connectivity index (χ4n) is 1.58. The number of nitrogens with one attached hydrogen (secondary N) is 2. The van der Waals surface area contributed by atoms with E-state index in [9.17, 15) is 9.59 Å². The van der Waals surface area contributed by atoms with E-state index in [4.69, 9.17) is 16.3 Å². The first-order valence-electron chi connectivity index (χ1n) is 5.74. The molecule has 0 aliphatic heterocycles. The summed E-state index contributed by atoms with van der Waals surface area (Å²) < 4.78 is 5.16. The molecule has 0 aliphatic carbocycles. The second-order valence-corrected chi connectivity index (χ2v) is 5.15. The number of hydrogen-bond donors (Lipinski definition) is 2. The third-order valence-electron chi connectivity index (χ3n) is 2.42. The first-order chi connectivity index (χ1) is 10.0. The molecule has 1 heterocycles. The van der Waals surface area contributed by atoms with E-state index in [2.05, 4.69) is 20.8 Å². The molecule has 0 bridgehead atoms. The van der Waals surface area contributed by atoms with Crippen molar-refractivity contribution in [2.45, 2.75) is 6.92 Å². The van der Waals surface area contributed by atoms with Crippen molar-refractivity contribution < 1.29 is 14.3 Å². The maximum atomic E-state index is 12.2. The molecule has 0 unspecified atom stereocenters. The Bertz CT molecular complexity index is 675. The van der Waals surface area contributed by atoms with Crippen molar-refractivity contribution in [1.29, 1.82) is 0 Å². The highest BCUT2D eigenvalue weighted by atomic mass is 35.5. The molecule has 1 aromatic carbocycles. The molecular weight excluding hydrogens is 316 g/mol. The highest BCUT2D eigenvalue weighted by Gasteiger charge is 2.17. The van der Waals surface area contributed by atoms with Crippen molar-refractivity contribution in [3.05, 3.63) is 28.2 Å². The zero-order chi connectivity index (χ0) is 15.4. The van der Waals surface area contributed by atoms with E-state index >= 15 is 0 Å². The summed E-state index contributed by atoms with van der Waals surface area (Å²) in [4.78, 5) is 23.3. The maximum absolute atomic E-state index is 12.2. The third kappa shape index (κ3) is 3.67. The van der Waals surface area contributed by atoms with Crippen LogP contribution in [0.4, 0.5) is 10.8 Å². The predicted octanol–water partition coefficient (Wildman–Crippen LogP) is 2.41. The Labute approximate surface area is 129 Å². The summed E-state index contributed by atoms with van der Waals surface area (Å²) in [6.45, 7) is 1.36. The molecular formula is C12H11ClN4O3S. The molecule has 0 aliphatic rings. The van der Waals surface area contributed by atoms with Gasteiger partial charge in [-0.3, -0.25) is 14.9 Å². The molecule has 2 N–H and O–H groups in total. The summed E-state index contributed by atoms with van der Waals surface area (Å²) in [5.41, 5.74) is 2.10. The second-order valence-electron chi connectivity index (χ2n) is 3.91. The summed E-state index contributed by atoms with van der Waals surface area (Å²) in [5, 5.41) is 13.1. The molecule has 0 spiro atoms. The number of aromatic nitrogens is 2. The van der Waals surface area contributed by atoms with Gasteiger partial charge in [0.05, 0.1) is 23.4 Å². The number of nitrogens with zero attached hydrogens (tertiary/aromatic N) is 2. The molecule has 2 aromatic rings. The topological polar surface area (TPSA) is 93.2 Å². The minimum atomic E-state index is -0.431. The summed E-state index contributed by atoms with van der Waals surface area (Å²) >= 11 is 7.24. The molecule has 9 heteroatoms. The van der Waals surface area contributed by atoms with Crippen LogP contribution >= 0.6 is 22.9 Å². The molecule has 0 fully saturated rings. The minimum Gasteiger partial charge on any atom is -0.496 e. The van der Waals surface area contributed by atoms with Gasteiger partial charge in [-0.15, -0.1) is 10.2 Å². The highest BCUT2D eigenvalue weighted by Crippen LogP contribution is 2.31. The lowest BCUT2D eigenvalue weighted by Crippen LogP contribution is -2.14. The Balaban J connectivity index is 2.32. The van der Waals surface area contributed by atoms with Gasteiger partial charge >= 0.3 is 0 Å². The molecule has 7 nitrogen and oxygen atoms in total. The van der Waals surface area contributed by atoms with Crippen LogP contribution in [-0.4, -0.2) is 29.1 Å². The van der Waals surface area contributed by atoms with Crippen molar-refractivity contribution in [1.82, 2.24) is 10.2 Å². The number of carbonyl (C=O) groups excluding carboxylic acids is 2. The van der Waals surface area contributed by atoms with Crippen molar-refractivity contribution in [2.75, 3.05) is 17.7 Å². The second kappa shape index (κ2) is 6.51. The number of benzene rings is 1. The van der Waals surface area contributed by atoms with Crippen LogP contribution in [0.5, 0.6) is 5.75 Å². The Morgan fingerprint density at radius 2 is 2.10 bits per heavy atom. The van der Waals surface area contributed by atoms with Crippen LogP contribution < -0.4 is 15.4 Å². The minimum absolute atomic E-state index is 0.229. The molecule has 0 saturated carbocycles. The van der Waals surface area contributed by atoms with Gasteiger partial charge in [-0.1, -0.05) is 22.9 Å². The predicted molar refractivity (Wildman–Crippen MR) is 80.2 cm³/mol. The molecule has 21 heavy (non-hydrogen) atoms. The van der Waals surface area contributed by atoms with Gasteiger partial charge in [0, 0.05) is 13.0 Å². The van der Waals surface area contributed by atoms with E-state index < -0.39 is 5.91 Å². The largest absolute Gasteiger partial charge is 0.496 e. The third-order valence-corrected chi connectivity index (χ3v) is 3.34. The highest BCUT2D eigenvalue weighted by molar-refractivity contribution is 7.13. The molecule has 2 rings (SSSR count). The zero-order valence-corrected chi connectivity index (χ0v) is 12.7. The fraction of sp³-hybridized carbons (Fsp3) is 0.167. The van der Waals surface area contributed by atoms with E-state index in [1.54, 1.807) is 0 Å². The van der Waals surface area contributed by atoms with Crippen molar-refractivity contribution >= 4 is 45.6 Å². The first-order valence-corrected chi connectivity index (χ1v) is 6.99. The molecule has 0 atom stereocenters. The number of anilines is 2. The van der Waals surface area contributed by atoms with E-state index in [1.807, 2.05) is 0 Å². The maximum Gasteiger partial charge on any atom is 0.261 e. The number of hydrogen-bond acceptors (Lipinski definition) is 6. The number of halogens is 1. The average molecular weight is 327 g/mol. The summed E-state index contributed by atoms with van der Waals surface area (Å²) in [6, 6.07) is 2.90. The van der Waals surface area contributed by atoms with E-state index in [0.29, 0.717) is 10.8 Å². The summed E-state index contributed by atoms with van der Waals surface area (Å²) in [7, 11) is 1.42. The number of rotatable bonds is 4. The summed E-state index contributed by atoms with van der Waals surface area (Å²) in [6.07, 6.45) is 0. The van der Waals surface area contributed by atoms with Gasteiger partial charge in [0.2, 0.25) is 11.0 Å². The zero-order valence-electron chi connectivity index (χ0n) is 11.1. The van der Waals surface area contributed by atoms with Crippen LogP contribution in [0, 0.1) is 0 Å². The van der Waals surface area contributed by atoms with E-state index in [0.717, 1.165) is 0 Å². The van der Waals surface area contributed by atoms with Crippen LogP contribution in [0.15, 0.2) is 17.6 Å². The lowest BCUT2D eigenvalue weighted by atomic mass is 10.1. The van der Waals surface area contributed by atoms with Gasteiger partial charge in [-0.25, -0.2) is 0 Å². The number of carbonyl (C=O) groups is 2. The van der Waals surface area contributed by atoms with E-state index in [1.165, 1.54) is 43.0 Å². The van der Waals surface area contributed by atoms with Gasteiger partial charge < -0.3 is 10.1 Å². The standard InChI is InChI=1S/C12H11ClN4O3S/c1-6(18)15-9-4-10(20-2)7(3-8(9)13)11(19)16-12-17-14-5-21-12/h3-5H,1-2H3,(H,15,18)(H,16,17,19). The van der Waals surface area contributed by atoms with Crippen molar-refractivity contribution in [3.8, 4) is 5.75 Å². The average Bonchev–Trinajstić information content (AvgIpc) is 2.92. The molecule has 0 radical (unpaired) electrons. The SMILES string of the molecule is COc1cc(NC(C)=O)c(Cl)cc1C(=O)Nc1nncs1. The molecule has 2 amide bonds. The number of ether oxygens (including phenoxy) is 1. The van der Waals surface area contributed by atoms with Gasteiger partial charge in [0.15, 0.2) is 0 Å². The van der Waals surface area contributed by atoms with Crippen LogP contribution in [0.2, 0.25) is 5.02 Å². The Morgan fingerprint density at radius 1 is 1.33 bits per heavy atom. The Hall–Kier alpha value is -2.19. The first kappa shape index (κ1) is 15.2. The van der Waals surface area contributed by atoms with Crippen LogP contribution in [-0.2, 0) is 4.79 Å². The quantitative estimate of drug-likeness (QED) is 0.900. The Morgan fingerprint density at radius 3 is 2.67 bits per heavy atom. The Kier molecular flexibility index (Phi) is 4.71. The number of amides is 2. The van der Waals surface area contributed by atoms with Crippen LogP contribution in [0.3, 0.4) is 0 Å². The molecule has 110 valence electrons. The fourth-order valence-corrected chi connectivity index (χ4v) is 2.23. The lowest BCUT2D eigenvalue weighted by Gasteiger charge is -2.12. The number of methoxy groups -OCH3 is 1. The van der Waals surface area contributed by atoms with Gasteiger partial charge in [-0.2, -0.15) is 0 Å². The van der Waals surface area contributed by atoms with Gasteiger partial charge in [0.1, 0.15) is 11.3 Å².